The van der Waals surface area contributed by atoms with Crippen LogP contribution in [0.5, 0.6) is 0 Å². The summed E-state index contributed by atoms with van der Waals surface area (Å²) in [7, 11) is 0. The molecule has 1 fully saturated rings. The van der Waals surface area contributed by atoms with Crippen LogP contribution in [0.4, 0.5) is 0 Å². The standard InChI is InChI=1S/C19H26N2OS/c1-13-7-5-9-15(14(13)2)20-18(22)11-6-12-19-21-16-8-3-4-10-17(16)23-19/h3-4,8,10,13-15H,5-7,9,11-12H2,1-2H3,(H,20,22). The van der Waals surface area contributed by atoms with Crippen LogP contribution in [0.1, 0.15) is 51.0 Å². The molecule has 4 heteroatoms. The van der Waals surface area contributed by atoms with E-state index >= 15 is 0 Å². The van der Waals surface area contributed by atoms with E-state index in [2.05, 4.69) is 30.2 Å². The molecule has 1 aromatic carbocycles. The molecule has 0 radical (unpaired) electrons. The average molecular weight is 330 g/mol. The van der Waals surface area contributed by atoms with Gasteiger partial charge in [0, 0.05) is 12.5 Å². The van der Waals surface area contributed by atoms with Gasteiger partial charge in [-0.2, -0.15) is 0 Å². The Kier molecular flexibility index (Phi) is 5.31. The Bertz CT molecular complexity index is 633. The maximum absolute atomic E-state index is 12.2. The van der Waals surface area contributed by atoms with Gasteiger partial charge in [-0.3, -0.25) is 4.79 Å². The zero-order valence-electron chi connectivity index (χ0n) is 14.0. The Balaban J connectivity index is 1.45. The Hall–Kier alpha value is -1.42. The molecule has 1 aromatic heterocycles. The Morgan fingerprint density at radius 3 is 2.96 bits per heavy atom. The lowest BCUT2D eigenvalue weighted by molar-refractivity contribution is -0.122. The monoisotopic (exact) mass is 330 g/mol. The lowest BCUT2D eigenvalue weighted by atomic mass is 9.78. The summed E-state index contributed by atoms with van der Waals surface area (Å²) < 4.78 is 1.23. The van der Waals surface area contributed by atoms with Gasteiger partial charge in [-0.1, -0.05) is 38.8 Å². The second-order valence-corrected chi connectivity index (χ2v) is 7.99. The summed E-state index contributed by atoms with van der Waals surface area (Å²) >= 11 is 1.74. The molecule has 3 nitrogen and oxygen atoms in total. The summed E-state index contributed by atoms with van der Waals surface area (Å²) in [6.45, 7) is 4.58. The third-order valence-corrected chi connectivity index (χ3v) is 6.28. The van der Waals surface area contributed by atoms with E-state index in [1.807, 2.05) is 18.2 Å². The van der Waals surface area contributed by atoms with Crippen molar-refractivity contribution in [2.24, 2.45) is 11.8 Å². The summed E-state index contributed by atoms with van der Waals surface area (Å²) in [6, 6.07) is 8.59. The molecule has 23 heavy (non-hydrogen) atoms. The number of fused-ring (bicyclic) bond motifs is 1. The first-order valence-corrected chi connectivity index (χ1v) is 9.59. The van der Waals surface area contributed by atoms with Crippen LogP contribution in [0, 0.1) is 11.8 Å². The van der Waals surface area contributed by atoms with E-state index in [4.69, 9.17) is 0 Å². The quantitative estimate of drug-likeness (QED) is 0.873. The van der Waals surface area contributed by atoms with Crippen molar-refractivity contribution in [3.05, 3.63) is 29.3 Å². The van der Waals surface area contributed by atoms with Crippen molar-refractivity contribution in [3.8, 4) is 0 Å². The highest BCUT2D eigenvalue weighted by Crippen LogP contribution is 2.29. The molecule has 124 valence electrons. The Labute approximate surface area is 142 Å². The van der Waals surface area contributed by atoms with E-state index in [-0.39, 0.29) is 5.91 Å². The first kappa shape index (κ1) is 16.4. The van der Waals surface area contributed by atoms with Crippen molar-refractivity contribution < 1.29 is 4.79 Å². The summed E-state index contributed by atoms with van der Waals surface area (Å²) in [4.78, 5) is 16.8. The normalized spacial score (nSPS) is 24.7. The van der Waals surface area contributed by atoms with Gasteiger partial charge < -0.3 is 5.32 Å². The molecule has 0 spiro atoms. The molecule has 1 N–H and O–H groups in total. The molecule has 3 unspecified atom stereocenters. The predicted molar refractivity (Wildman–Crippen MR) is 96.7 cm³/mol. The number of rotatable bonds is 5. The lowest BCUT2D eigenvalue weighted by Gasteiger charge is -2.34. The van der Waals surface area contributed by atoms with E-state index in [0.717, 1.165) is 35.7 Å². The SMILES string of the molecule is CC1CCCC(NC(=O)CCCc2nc3ccccc3s2)C1C. The van der Waals surface area contributed by atoms with E-state index in [1.165, 1.54) is 17.5 Å². The minimum atomic E-state index is 0.206. The molecular weight excluding hydrogens is 304 g/mol. The summed E-state index contributed by atoms with van der Waals surface area (Å²) in [5, 5.41) is 4.39. The lowest BCUT2D eigenvalue weighted by Crippen LogP contribution is -2.43. The maximum Gasteiger partial charge on any atom is 0.220 e. The molecule has 1 aliphatic rings. The highest BCUT2D eigenvalue weighted by molar-refractivity contribution is 7.18. The molecule has 0 bridgehead atoms. The van der Waals surface area contributed by atoms with Crippen LogP contribution in [-0.2, 0) is 11.2 Å². The fraction of sp³-hybridized carbons (Fsp3) is 0.579. The van der Waals surface area contributed by atoms with Gasteiger partial charge in [-0.25, -0.2) is 4.98 Å². The predicted octanol–water partition coefficient (Wildman–Crippen LogP) is 4.56. The van der Waals surface area contributed by atoms with Crippen LogP contribution >= 0.6 is 11.3 Å². The number of para-hydroxylation sites is 1. The van der Waals surface area contributed by atoms with Crippen molar-refractivity contribution in [2.45, 2.75) is 58.4 Å². The van der Waals surface area contributed by atoms with Crippen molar-refractivity contribution in [2.75, 3.05) is 0 Å². The molecule has 1 amide bonds. The van der Waals surface area contributed by atoms with Crippen LogP contribution in [-0.4, -0.2) is 16.9 Å². The molecule has 0 aliphatic heterocycles. The van der Waals surface area contributed by atoms with Gasteiger partial charge in [-0.05, 0) is 43.2 Å². The van der Waals surface area contributed by atoms with Crippen LogP contribution in [0.2, 0.25) is 0 Å². The van der Waals surface area contributed by atoms with Crippen LogP contribution in [0.15, 0.2) is 24.3 Å². The van der Waals surface area contributed by atoms with Gasteiger partial charge in [0.2, 0.25) is 5.91 Å². The molecule has 3 atom stereocenters. The van der Waals surface area contributed by atoms with Gasteiger partial charge in [0.1, 0.15) is 0 Å². The van der Waals surface area contributed by atoms with Crippen LogP contribution in [0.3, 0.4) is 0 Å². The number of aromatic nitrogens is 1. The van der Waals surface area contributed by atoms with E-state index < -0.39 is 0 Å². The average Bonchev–Trinajstić information content (AvgIpc) is 2.94. The third-order valence-electron chi connectivity index (χ3n) is 5.19. The number of benzene rings is 1. The number of amides is 1. The third kappa shape index (κ3) is 4.11. The van der Waals surface area contributed by atoms with Gasteiger partial charge in [-0.15, -0.1) is 11.3 Å². The molecule has 1 saturated carbocycles. The highest BCUT2D eigenvalue weighted by Gasteiger charge is 2.27. The minimum Gasteiger partial charge on any atom is -0.353 e. The van der Waals surface area contributed by atoms with E-state index in [0.29, 0.717) is 18.4 Å². The highest BCUT2D eigenvalue weighted by atomic mass is 32.1. The molecule has 3 rings (SSSR count). The fourth-order valence-corrected chi connectivity index (χ4v) is 4.50. The Morgan fingerprint density at radius 2 is 2.13 bits per heavy atom. The van der Waals surface area contributed by atoms with E-state index in [1.54, 1.807) is 11.3 Å². The minimum absolute atomic E-state index is 0.206. The van der Waals surface area contributed by atoms with Gasteiger partial charge in [0.05, 0.1) is 15.2 Å². The summed E-state index contributed by atoms with van der Waals surface area (Å²) in [6.07, 6.45) is 6.04. The molecule has 0 saturated heterocycles. The topological polar surface area (TPSA) is 42.0 Å². The largest absolute Gasteiger partial charge is 0.353 e. The fourth-order valence-electron chi connectivity index (χ4n) is 3.49. The number of aryl methyl sites for hydroxylation is 1. The molecule has 2 aromatic rings. The van der Waals surface area contributed by atoms with Gasteiger partial charge >= 0.3 is 0 Å². The summed E-state index contributed by atoms with van der Waals surface area (Å²) in [5.41, 5.74) is 1.07. The first-order chi connectivity index (χ1) is 11.1. The number of nitrogens with zero attached hydrogens (tertiary/aromatic N) is 1. The van der Waals surface area contributed by atoms with Crippen molar-refractivity contribution >= 4 is 27.5 Å². The second-order valence-electron chi connectivity index (χ2n) is 6.87. The number of nitrogens with one attached hydrogen (secondary N) is 1. The zero-order valence-corrected chi connectivity index (χ0v) is 14.9. The van der Waals surface area contributed by atoms with Crippen molar-refractivity contribution in [1.29, 1.82) is 0 Å². The molecule has 1 aliphatic carbocycles. The number of thiazole rings is 1. The van der Waals surface area contributed by atoms with Crippen LogP contribution in [0.25, 0.3) is 10.2 Å². The molecular formula is C19H26N2OS. The number of carbonyl (C=O) groups excluding carboxylic acids is 1. The van der Waals surface area contributed by atoms with E-state index in [9.17, 15) is 4.79 Å². The Morgan fingerprint density at radius 1 is 1.30 bits per heavy atom. The molecule has 1 heterocycles. The maximum atomic E-state index is 12.2. The number of hydrogen-bond donors (Lipinski definition) is 1. The first-order valence-electron chi connectivity index (χ1n) is 8.77. The summed E-state index contributed by atoms with van der Waals surface area (Å²) in [5.74, 6) is 1.52. The smallest absolute Gasteiger partial charge is 0.220 e. The number of carbonyl (C=O) groups is 1. The second kappa shape index (κ2) is 7.43. The zero-order chi connectivity index (χ0) is 16.2. The van der Waals surface area contributed by atoms with Crippen molar-refractivity contribution in [3.63, 3.8) is 0 Å². The van der Waals surface area contributed by atoms with Gasteiger partial charge in [0.25, 0.3) is 0 Å². The van der Waals surface area contributed by atoms with Crippen molar-refractivity contribution in [1.82, 2.24) is 10.3 Å². The number of hydrogen-bond acceptors (Lipinski definition) is 3. The van der Waals surface area contributed by atoms with Gasteiger partial charge in [0.15, 0.2) is 0 Å². The van der Waals surface area contributed by atoms with Crippen LogP contribution < -0.4 is 5.32 Å².